The summed E-state index contributed by atoms with van der Waals surface area (Å²) in [5, 5.41) is 22.6. The monoisotopic (exact) mass is 476 g/mol. The molecule has 0 aliphatic heterocycles. The molecule has 2 atom stereocenters. The molecule has 1 heterocycles. The number of hydrogen-bond acceptors (Lipinski definition) is 8. The standard InChI is InChI=1S/C23H22N2O4S2.Na/c1-30-16-8-5-13(6-9-16)22(27)17(11-14-3-2-4-20(14)26)21(23(28)29)15-7-10-18-19(12-15)25-31-24-18;/h5-10,12,14,20,26H,2-4,11H2,1H3,(H,28,29);/q;+1/p-1. The first-order valence-electron chi connectivity index (χ1n) is 10.0. The molecule has 0 spiro atoms. The van der Waals surface area contributed by atoms with Crippen molar-refractivity contribution in [2.24, 2.45) is 5.92 Å². The maximum atomic E-state index is 13.5. The summed E-state index contributed by atoms with van der Waals surface area (Å²) < 4.78 is 8.34. The van der Waals surface area contributed by atoms with E-state index in [0.717, 1.165) is 29.5 Å². The van der Waals surface area contributed by atoms with Gasteiger partial charge in [0.15, 0.2) is 5.78 Å². The maximum Gasteiger partial charge on any atom is 1.00 e. The van der Waals surface area contributed by atoms with Gasteiger partial charge in [0.25, 0.3) is 0 Å². The molecule has 0 radical (unpaired) electrons. The van der Waals surface area contributed by atoms with Crippen LogP contribution >= 0.6 is 23.5 Å². The molecule has 2 aromatic carbocycles. The molecule has 160 valence electrons. The van der Waals surface area contributed by atoms with Gasteiger partial charge in [-0.2, -0.15) is 8.75 Å². The second-order valence-electron chi connectivity index (χ2n) is 7.63. The summed E-state index contributed by atoms with van der Waals surface area (Å²) in [6.07, 6.45) is 3.84. The number of ketones is 1. The maximum absolute atomic E-state index is 13.5. The van der Waals surface area contributed by atoms with Gasteiger partial charge in [-0.25, -0.2) is 0 Å². The van der Waals surface area contributed by atoms with Crippen molar-refractivity contribution in [2.45, 2.75) is 36.7 Å². The van der Waals surface area contributed by atoms with E-state index in [9.17, 15) is 19.8 Å². The van der Waals surface area contributed by atoms with Gasteiger partial charge in [0.05, 0.1) is 23.8 Å². The van der Waals surface area contributed by atoms with E-state index in [2.05, 4.69) is 8.75 Å². The van der Waals surface area contributed by atoms with Crippen molar-refractivity contribution in [2.75, 3.05) is 6.26 Å². The van der Waals surface area contributed by atoms with Gasteiger partial charge in [-0.3, -0.25) is 4.79 Å². The van der Waals surface area contributed by atoms with Gasteiger partial charge in [-0.05, 0) is 73.4 Å². The zero-order valence-electron chi connectivity index (χ0n) is 17.9. The molecule has 3 aromatic rings. The number of Topliss-reactive ketones (excluding diaryl/α,β-unsaturated/α-hetero) is 1. The fourth-order valence-electron chi connectivity index (χ4n) is 4.10. The number of thioether (sulfide) groups is 1. The molecule has 1 saturated carbocycles. The molecule has 6 nitrogen and oxygen atoms in total. The Balaban J connectivity index is 0.00000289. The minimum Gasteiger partial charge on any atom is -0.545 e. The van der Waals surface area contributed by atoms with Crippen molar-refractivity contribution in [3.05, 3.63) is 59.2 Å². The molecular formula is C23H21N2NaO4S2. The Morgan fingerprint density at radius 1 is 1.09 bits per heavy atom. The zero-order valence-corrected chi connectivity index (χ0v) is 21.5. The fraction of sp³-hybridized carbons (Fsp3) is 0.304. The summed E-state index contributed by atoms with van der Waals surface area (Å²) in [5.74, 6) is -1.94. The number of aromatic nitrogens is 2. The number of nitrogens with zero attached hydrogens (tertiary/aromatic N) is 2. The number of aliphatic carboxylic acids is 1. The number of benzene rings is 2. The third-order valence-corrected chi connectivity index (χ3v) is 7.06. The van der Waals surface area contributed by atoms with E-state index >= 15 is 0 Å². The van der Waals surface area contributed by atoms with Crippen LogP contribution in [0.4, 0.5) is 0 Å². The molecule has 4 rings (SSSR count). The number of allylic oxidation sites excluding steroid dienone is 1. The van der Waals surface area contributed by atoms with Gasteiger partial charge >= 0.3 is 29.6 Å². The molecule has 0 bridgehead atoms. The summed E-state index contributed by atoms with van der Waals surface area (Å²) >= 11 is 2.60. The van der Waals surface area contributed by atoms with Gasteiger partial charge in [-0.1, -0.05) is 12.5 Å². The summed E-state index contributed by atoms with van der Waals surface area (Å²) in [6, 6.07) is 12.0. The van der Waals surface area contributed by atoms with Crippen LogP contribution in [0.1, 0.15) is 41.6 Å². The molecule has 0 amide bonds. The molecule has 32 heavy (non-hydrogen) atoms. The van der Waals surface area contributed by atoms with Crippen LogP contribution in [0.15, 0.2) is 52.9 Å². The van der Waals surface area contributed by atoms with Crippen LogP contribution in [-0.2, 0) is 4.79 Å². The number of carbonyl (C=O) groups excluding carboxylic acids is 2. The average molecular weight is 477 g/mol. The number of hydrogen-bond donors (Lipinski definition) is 1. The van der Waals surface area contributed by atoms with Gasteiger partial charge in [0.1, 0.15) is 11.0 Å². The first-order chi connectivity index (χ1) is 15.0. The van der Waals surface area contributed by atoms with Crippen molar-refractivity contribution >= 4 is 51.8 Å². The smallest absolute Gasteiger partial charge is 0.545 e. The van der Waals surface area contributed by atoms with Gasteiger partial charge in [0, 0.05) is 21.6 Å². The van der Waals surface area contributed by atoms with Crippen molar-refractivity contribution in [1.29, 1.82) is 0 Å². The average Bonchev–Trinajstić information content (AvgIpc) is 3.41. The number of carbonyl (C=O) groups is 2. The van der Waals surface area contributed by atoms with Crippen molar-refractivity contribution in [3.63, 3.8) is 0 Å². The topological polar surface area (TPSA) is 103 Å². The molecule has 2 unspecified atom stereocenters. The van der Waals surface area contributed by atoms with Crippen LogP contribution in [0.2, 0.25) is 0 Å². The molecule has 1 aliphatic carbocycles. The number of aliphatic hydroxyl groups excluding tert-OH is 1. The number of aliphatic hydroxyl groups is 1. The van der Waals surface area contributed by atoms with E-state index < -0.39 is 12.1 Å². The Morgan fingerprint density at radius 2 is 1.78 bits per heavy atom. The number of carboxylic acid groups (broad SMARTS) is 1. The van der Waals surface area contributed by atoms with Crippen LogP contribution in [0, 0.1) is 5.92 Å². The first kappa shape index (κ1) is 25.1. The molecular weight excluding hydrogens is 455 g/mol. The zero-order chi connectivity index (χ0) is 22.0. The molecule has 1 fully saturated rings. The Hall–Kier alpha value is -1.55. The molecule has 9 heteroatoms. The van der Waals surface area contributed by atoms with Gasteiger partial charge in [0.2, 0.25) is 0 Å². The van der Waals surface area contributed by atoms with Crippen molar-refractivity contribution in [1.82, 2.24) is 8.75 Å². The van der Waals surface area contributed by atoms with E-state index in [1.165, 1.54) is 0 Å². The van der Waals surface area contributed by atoms with E-state index in [0.29, 0.717) is 28.6 Å². The van der Waals surface area contributed by atoms with E-state index in [1.54, 1.807) is 42.1 Å². The van der Waals surface area contributed by atoms with Crippen LogP contribution in [0.25, 0.3) is 16.6 Å². The summed E-state index contributed by atoms with van der Waals surface area (Å²) in [7, 11) is 0. The predicted octanol–water partition coefficient (Wildman–Crippen LogP) is 0.355. The Labute approximate surface area is 216 Å². The van der Waals surface area contributed by atoms with E-state index in [4.69, 9.17) is 0 Å². The fourth-order valence-corrected chi connectivity index (χ4v) is 5.02. The summed E-state index contributed by atoms with van der Waals surface area (Å²) in [6.45, 7) is 0. The van der Waals surface area contributed by atoms with E-state index in [1.807, 2.05) is 18.4 Å². The normalized spacial score (nSPS) is 18.8. The van der Waals surface area contributed by atoms with E-state index in [-0.39, 0.29) is 58.8 Å². The van der Waals surface area contributed by atoms with Crippen molar-refractivity contribution < 1.29 is 49.4 Å². The number of carboxylic acids is 1. The van der Waals surface area contributed by atoms with Crippen molar-refractivity contribution in [3.8, 4) is 0 Å². The SMILES string of the molecule is CSc1ccc(C(=O)C(CC2CCCC2O)=C(C(=O)[O-])c2ccc3nsnc3c2)cc1.[Na+]. The first-order valence-corrected chi connectivity index (χ1v) is 12.0. The minimum absolute atomic E-state index is 0. The molecule has 0 saturated heterocycles. The van der Waals surface area contributed by atoms with Crippen LogP contribution in [-0.4, -0.2) is 38.0 Å². The van der Waals surface area contributed by atoms with Crippen LogP contribution in [0.3, 0.4) is 0 Å². The van der Waals surface area contributed by atoms with Crippen LogP contribution in [0.5, 0.6) is 0 Å². The van der Waals surface area contributed by atoms with Crippen LogP contribution < -0.4 is 34.7 Å². The largest absolute Gasteiger partial charge is 1.00 e. The summed E-state index contributed by atoms with van der Waals surface area (Å²) in [5.41, 5.74) is 2.02. The second kappa shape index (κ2) is 11.0. The Bertz CT molecular complexity index is 1160. The Morgan fingerprint density at radius 3 is 2.41 bits per heavy atom. The molecule has 1 aliphatic rings. The molecule has 1 N–H and O–H groups in total. The van der Waals surface area contributed by atoms with Gasteiger partial charge < -0.3 is 15.0 Å². The second-order valence-corrected chi connectivity index (χ2v) is 9.04. The Kier molecular flexibility index (Phi) is 8.66. The quantitative estimate of drug-likeness (QED) is 0.227. The third kappa shape index (κ3) is 5.32. The number of fused-ring (bicyclic) bond motifs is 1. The predicted molar refractivity (Wildman–Crippen MR) is 120 cm³/mol. The summed E-state index contributed by atoms with van der Waals surface area (Å²) in [4.78, 5) is 26.8. The minimum atomic E-state index is -1.42. The van der Waals surface area contributed by atoms with Gasteiger partial charge in [-0.15, -0.1) is 11.8 Å². The third-order valence-electron chi connectivity index (χ3n) is 5.76. The number of rotatable bonds is 7. The molecule has 1 aromatic heterocycles.